The van der Waals surface area contributed by atoms with E-state index in [0.717, 1.165) is 15.6 Å². The SMILES string of the molecule is O=C(O)C1(C(=O)O)C=CC(c2cccc(Br)c2)=CC1Br. The molecule has 4 nitrogen and oxygen atoms in total. The van der Waals surface area contributed by atoms with Crippen LogP contribution in [0.15, 0.2) is 47.0 Å². The highest BCUT2D eigenvalue weighted by atomic mass is 79.9. The highest BCUT2D eigenvalue weighted by Crippen LogP contribution is 2.38. The topological polar surface area (TPSA) is 74.6 Å². The van der Waals surface area contributed by atoms with Crippen molar-refractivity contribution in [2.45, 2.75) is 4.83 Å². The number of carboxylic acids is 2. The summed E-state index contributed by atoms with van der Waals surface area (Å²) in [5.41, 5.74) is -0.328. The van der Waals surface area contributed by atoms with Gasteiger partial charge >= 0.3 is 11.9 Å². The molecule has 0 amide bonds. The van der Waals surface area contributed by atoms with E-state index in [2.05, 4.69) is 31.9 Å². The molecule has 2 rings (SSSR count). The highest BCUT2D eigenvalue weighted by Gasteiger charge is 2.50. The average molecular weight is 402 g/mol. The summed E-state index contributed by atoms with van der Waals surface area (Å²) in [5, 5.41) is 18.5. The molecular formula is C14H10Br2O4. The van der Waals surface area contributed by atoms with Crippen LogP contribution < -0.4 is 0 Å². The molecular weight excluding hydrogens is 392 g/mol. The van der Waals surface area contributed by atoms with Gasteiger partial charge in [-0.15, -0.1) is 0 Å². The van der Waals surface area contributed by atoms with Crippen molar-refractivity contribution in [3.05, 3.63) is 52.5 Å². The maximum atomic E-state index is 11.3. The lowest BCUT2D eigenvalue weighted by Crippen LogP contribution is -2.45. The number of benzene rings is 1. The zero-order chi connectivity index (χ0) is 14.9. The maximum absolute atomic E-state index is 11.3. The third-order valence-electron chi connectivity index (χ3n) is 3.15. The lowest BCUT2D eigenvalue weighted by atomic mass is 9.79. The fourth-order valence-corrected chi connectivity index (χ4v) is 3.22. The van der Waals surface area contributed by atoms with Crippen molar-refractivity contribution in [2.75, 3.05) is 0 Å². The van der Waals surface area contributed by atoms with Crippen LogP contribution in [0.1, 0.15) is 5.56 Å². The van der Waals surface area contributed by atoms with Crippen LogP contribution in [0.2, 0.25) is 0 Å². The average Bonchev–Trinajstić information content (AvgIpc) is 2.37. The van der Waals surface area contributed by atoms with E-state index in [1.54, 1.807) is 6.08 Å². The van der Waals surface area contributed by atoms with Gasteiger partial charge in [-0.3, -0.25) is 9.59 Å². The van der Waals surface area contributed by atoms with E-state index in [1.165, 1.54) is 12.2 Å². The first kappa shape index (κ1) is 15.0. The van der Waals surface area contributed by atoms with E-state index < -0.39 is 22.2 Å². The van der Waals surface area contributed by atoms with Gasteiger partial charge in [-0.2, -0.15) is 0 Å². The molecule has 1 aliphatic carbocycles. The van der Waals surface area contributed by atoms with Crippen LogP contribution in [0.4, 0.5) is 0 Å². The van der Waals surface area contributed by atoms with Crippen molar-refractivity contribution in [1.29, 1.82) is 0 Å². The molecule has 6 heteroatoms. The van der Waals surface area contributed by atoms with E-state index >= 15 is 0 Å². The number of carboxylic acid groups (broad SMARTS) is 2. The van der Waals surface area contributed by atoms with Crippen molar-refractivity contribution in [1.82, 2.24) is 0 Å². The number of hydrogen-bond donors (Lipinski definition) is 2. The number of hydrogen-bond acceptors (Lipinski definition) is 2. The van der Waals surface area contributed by atoms with Crippen LogP contribution in [-0.2, 0) is 9.59 Å². The molecule has 20 heavy (non-hydrogen) atoms. The summed E-state index contributed by atoms with van der Waals surface area (Å²) in [6.07, 6.45) is 4.35. The molecule has 1 aliphatic rings. The van der Waals surface area contributed by atoms with Crippen molar-refractivity contribution < 1.29 is 19.8 Å². The lowest BCUT2D eigenvalue weighted by Gasteiger charge is -2.28. The second kappa shape index (κ2) is 5.54. The maximum Gasteiger partial charge on any atom is 0.326 e. The molecule has 104 valence electrons. The van der Waals surface area contributed by atoms with Crippen molar-refractivity contribution in [3.8, 4) is 0 Å². The summed E-state index contributed by atoms with van der Waals surface area (Å²) in [5.74, 6) is -2.79. The van der Waals surface area contributed by atoms with Crippen molar-refractivity contribution >= 4 is 49.4 Å². The summed E-state index contributed by atoms with van der Waals surface area (Å²) in [6, 6.07) is 7.48. The zero-order valence-electron chi connectivity index (χ0n) is 10.1. The van der Waals surface area contributed by atoms with Crippen molar-refractivity contribution in [2.24, 2.45) is 5.41 Å². The van der Waals surface area contributed by atoms with Gasteiger partial charge in [0, 0.05) is 4.47 Å². The fraction of sp³-hybridized carbons (Fsp3) is 0.143. The van der Waals surface area contributed by atoms with Gasteiger partial charge in [-0.25, -0.2) is 0 Å². The Kier molecular flexibility index (Phi) is 4.15. The minimum atomic E-state index is -1.98. The molecule has 0 saturated carbocycles. The van der Waals surface area contributed by atoms with Crippen LogP contribution in [0.5, 0.6) is 0 Å². The monoisotopic (exact) mass is 400 g/mol. The summed E-state index contributed by atoms with van der Waals surface area (Å²) in [6.45, 7) is 0. The predicted molar refractivity (Wildman–Crippen MR) is 81.7 cm³/mol. The minimum Gasteiger partial charge on any atom is -0.480 e. The Balaban J connectivity index is 2.44. The van der Waals surface area contributed by atoms with Gasteiger partial charge in [0.2, 0.25) is 0 Å². The molecule has 0 spiro atoms. The Morgan fingerprint density at radius 1 is 1.20 bits per heavy atom. The molecule has 1 unspecified atom stereocenters. The molecule has 0 aromatic heterocycles. The van der Waals surface area contributed by atoms with E-state index in [9.17, 15) is 19.8 Å². The zero-order valence-corrected chi connectivity index (χ0v) is 13.3. The predicted octanol–water partition coefficient (Wildman–Crippen LogP) is 3.32. The summed E-state index contributed by atoms with van der Waals surface area (Å²) in [4.78, 5) is 21.8. The Hall–Kier alpha value is -1.40. The number of alkyl halides is 1. The number of aliphatic carboxylic acids is 2. The summed E-state index contributed by atoms with van der Waals surface area (Å²) in [7, 11) is 0. The van der Waals surface area contributed by atoms with Crippen LogP contribution >= 0.6 is 31.9 Å². The molecule has 1 aromatic carbocycles. The van der Waals surface area contributed by atoms with E-state index in [1.807, 2.05) is 24.3 Å². The van der Waals surface area contributed by atoms with Gasteiger partial charge in [0.25, 0.3) is 0 Å². The largest absolute Gasteiger partial charge is 0.480 e. The van der Waals surface area contributed by atoms with Gasteiger partial charge in [0.1, 0.15) is 0 Å². The number of allylic oxidation sites excluding steroid dienone is 3. The molecule has 2 N–H and O–H groups in total. The fourth-order valence-electron chi connectivity index (χ4n) is 1.99. The summed E-state index contributed by atoms with van der Waals surface area (Å²) < 4.78 is 0.892. The smallest absolute Gasteiger partial charge is 0.326 e. The number of carbonyl (C=O) groups is 2. The van der Waals surface area contributed by atoms with E-state index in [0.29, 0.717) is 0 Å². The first-order valence-electron chi connectivity index (χ1n) is 5.66. The number of rotatable bonds is 3. The van der Waals surface area contributed by atoms with Gasteiger partial charge in [0.05, 0.1) is 4.83 Å². The van der Waals surface area contributed by atoms with Gasteiger partial charge in [0.15, 0.2) is 5.41 Å². The van der Waals surface area contributed by atoms with Crippen LogP contribution in [-0.4, -0.2) is 27.0 Å². The second-order valence-electron chi connectivity index (χ2n) is 4.35. The minimum absolute atomic E-state index is 0.770. The third-order valence-corrected chi connectivity index (χ3v) is 4.63. The molecule has 1 aromatic rings. The number of halogens is 2. The second-order valence-corrected chi connectivity index (χ2v) is 6.25. The standard InChI is InChI=1S/C14H10Br2O4/c15-10-3-1-2-8(6-10)9-4-5-14(12(17)18,13(19)20)11(16)7-9/h1-7,11H,(H,17,18)(H,19,20). The quantitative estimate of drug-likeness (QED) is 0.601. The molecule has 1 atom stereocenters. The van der Waals surface area contributed by atoms with Crippen LogP contribution in [0.3, 0.4) is 0 Å². The third kappa shape index (κ3) is 2.45. The Bertz CT molecular complexity index is 620. The molecule has 0 radical (unpaired) electrons. The lowest BCUT2D eigenvalue weighted by molar-refractivity contribution is -0.159. The molecule has 0 bridgehead atoms. The Morgan fingerprint density at radius 3 is 2.35 bits per heavy atom. The highest BCUT2D eigenvalue weighted by molar-refractivity contribution is 9.10. The summed E-state index contributed by atoms with van der Waals surface area (Å²) >= 11 is 6.53. The van der Waals surface area contributed by atoms with Crippen LogP contribution in [0, 0.1) is 5.41 Å². The first-order chi connectivity index (χ1) is 9.37. The van der Waals surface area contributed by atoms with E-state index in [-0.39, 0.29) is 0 Å². The molecule has 0 heterocycles. The molecule has 0 aliphatic heterocycles. The molecule has 0 fully saturated rings. The van der Waals surface area contributed by atoms with Gasteiger partial charge in [-0.05, 0) is 23.3 Å². The van der Waals surface area contributed by atoms with Gasteiger partial charge in [-0.1, -0.05) is 62.2 Å². The Labute approximate surface area is 132 Å². The van der Waals surface area contributed by atoms with E-state index in [4.69, 9.17) is 0 Å². The first-order valence-corrected chi connectivity index (χ1v) is 7.36. The molecule has 0 saturated heterocycles. The van der Waals surface area contributed by atoms with Crippen molar-refractivity contribution in [3.63, 3.8) is 0 Å². The normalized spacial score (nSPS) is 20.3. The van der Waals surface area contributed by atoms with Gasteiger partial charge < -0.3 is 10.2 Å². The Morgan fingerprint density at radius 2 is 1.85 bits per heavy atom. The van der Waals surface area contributed by atoms with Crippen LogP contribution in [0.25, 0.3) is 5.57 Å².